The Bertz CT molecular complexity index is 1500. The van der Waals surface area contributed by atoms with Crippen molar-refractivity contribution in [1.82, 2.24) is 19.7 Å². The smallest absolute Gasteiger partial charge is 0.333 e. The summed E-state index contributed by atoms with van der Waals surface area (Å²) < 4.78 is 26.6. The number of rotatable bonds is 13. The van der Waals surface area contributed by atoms with Crippen LogP contribution in [-0.2, 0) is 40.6 Å². The molecule has 0 spiro atoms. The Morgan fingerprint density at radius 2 is 1.73 bits per heavy atom. The zero-order valence-electron chi connectivity index (χ0n) is 23.6. The van der Waals surface area contributed by atoms with Crippen LogP contribution in [-0.4, -0.2) is 56.2 Å². The molecule has 0 radical (unpaired) electrons. The van der Waals surface area contributed by atoms with Gasteiger partial charge in [0.25, 0.3) is 0 Å². The number of amides is 1. The van der Waals surface area contributed by atoms with E-state index < -0.39 is 12.1 Å². The van der Waals surface area contributed by atoms with E-state index >= 15 is 0 Å². The van der Waals surface area contributed by atoms with Crippen molar-refractivity contribution in [3.8, 4) is 5.88 Å². The van der Waals surface area contributed by atoms with Crippen LogP contribution in [0.1, 0.15) is 42.9 Å². The lowest BCUT2D eigenvalue weighted by atomic mass is 10.1. The van der Waals surface area contributed by atoms with Crippen molar-refractivity contribution in [3.63, 3.8) is 0 Å². The second kappa shape index (κ2) is 13.3. The van der Waals surface area contributed by atoms with Gasteiger partial charge in [-0.15, -0.1) is 0 Å². The molecule has 0 aliphatic heterocycles. The number of carbonyl (C=O) groups is 2. The minimum atomic E-state index is -1.04. The van der Waals surface area contributed by atoms with Crippen LogP contribution in [0, 0.1) is 12.7 Å². The summed E-state index contributed by atoms with van der Waals surface area (Å²) in [6, 6.07) is 12.7. The molecule has 4 aromatic rings. The predicted octanol–water partition coefficient (Wildman–Crippen LogP) is 4.41. The molecule has 1 amide bonds. The summed E-state index contributed by atoms with van der Waals surface area (Å²) in [5.41, 5.74) is 4.14. The van der Waals surface area contributed by atoms with Gasteiger partial charge in [-0.3, -0.25) is 14.4 Å². The number of aryl methyl sites for hydroxylation is 3. The Hall–Kier alpha value is -4.38. The third-order valence-electron chi connectivity index (χ3n) is 6.53. The lowest BCUT2D eigenvalue weighted by molar-refractivity contribution is -0.149. The highest BCUT2D eigenvalue weighted by atomic mass is 19.1. The number of nitrogens with zero attached hydrogens (tertiary/aromatic N) is 5. The molecule has 0 saturated carbocycles. The maximum atomic E-state index is 13.5. The number of aromatic nitrogens is 4. The fraction of sp³-hybridized carbons (Fsp3) is 0.367. The summed E-state index contributed by atoms with van der Waals surface area (Å²) in [6.45, 7) is 5.71. The van der Waals surface area contributed by atoms with Crippen LogP contribution in [0.3, 0.4) is 0 Å². The zero-order chi connectivity index (χ0) is 29.5. The second-order valence-corrected chi connectivity index (χ2v) is 9.64. The molecule has 11 heteroatoms. The van der Waals surface area contributed by atoms with E-state index in [4.69, 9.17) is 9.47 Å². The topological polar surface area (TPSA) is 120 Å². The number of halogens is 1. The van der Waals surface area contributed by atoms with Crippen LogP contribution in [0.25, 0.3) is 11.0 Å². The molecule has 216 valence electrons. The predicted molar refractivity (Wildman–Crippen MR) is 151 cm³/mol. The number of benzene rings is 2. The number of ether oxygens (including phenoxy) is 2. The molecule has 0 aliphatic carbocycles. The lowest BCUT2D eigenvalue weighted by Gasteiger charge is -2.24. The van der Waals surface area contributed by atoms with Gasteiger partial charge in [0.1, 0.15) is 22.7 Å². The Morgan fingerprint density at radius 1 is 1.05 bits per heavy atom. The Labute approximate surface area is 237 Å². The number of fused-ring (bicyclic) bond motifs is 1. The van der Waals surface area contributed by atoms with Crippen LogP contribution < -0.4 is 9.64 Å². The monoisotopic (exact) mass is 563 g/mol. The standard InChI is InChI=1S/C30H34FN5O5/c1-5-7-24-27-28(35(4)34-24)29(33-19(3)32-27)41-18-36(26(37)17-21-8-12-22(31)13-9-21)23-14-10-20(11-15-23)16-25(30(38)39)40-6-2/h8-15,25H,5-7,16-18H2,1-4H3,(H,38,39). The first kappa shape index (κ1) is 29.6. The van der Waals surface area contributed by atoms with Gasteiger partial charge >= 0.3 is 5.97 Å². The summed E-state index contributed by atoms with van der Waals surface area (Å²) in [6.07, 6.45) is 0.896. The van der Waals surface area contributed by atoms with Crippen molar-refractivity contribution < 1.29 is 28.6 Å². The fourth-order valence-corrected chi connectivity index (χ4v) is 4.55. The molecule has 0 aliphatic rings. The van der Waals surface area contributed by atoms with Crippen LogP contribution in [0.2, 0.25) is 0 Å². The van der Waals surface area contributed by atoms with Gasteiger partial charge in [0, 0.05) is 25.8 Å². The number of hydrogen-bond acceptors (Lipinski definition) is 7. The highest BCUT2D eigenvalue weighted by molar-refractivity contribution is 5.94. The van der Waals surface area contributed by atoms with Gasteiger partial charge in [-0.2, -0.15) is 10.1 Å². The lowest BCUT2D eigenvalue weighted by Crippen LogP contribution is -2.36. The van der Waals surface area contributed by atoms with Crippen LogP contribution in [0.15, 0.2) is 48.5 Å². The second-order valence-electron chi connectivity index (χ2n) is 9.64. The number of hydrogen-bond donors (Lipinski definition) is 1. The van der Waals surface area contributed by atoms with Crippen molar-refractivity contribution in [2.24, 2.45) is 7.05 Å². The Balaban J connectivity index is 1.63. The molecular weight excluding hydrogens is 529 g/mol. The third-order valence-corrected chi connectivity index (χ3v) is 6.53. The molecule has 4 rings (SSSR count). The van der Waals surface area contributed by atoms with Crippen molar-refractivity contribution >= 4 is 28.6 Å². The van der Waals surface area contributed by atoms with Gasteiger partial charge in [-0.05, 0) is 55.7 Å². The summed E-state index contributed by atoms with van der Waals surface area (Å²) >= 11 is 0. The molecule has 0 bridgehead atoms. The SMILES string of the molecule is CCCc1nn(C)c2c(OCN(C(=O)Cc3ccc(F)cc3)c3ccc(CC(OCC)C(=O)O)cc3)nc(C)nc12. The number of carboxylic acid groups (broad SMARTS) is 1. The van der Waals surface area contributed by atoms with E-state index in [0.29, 0.717) is 34.0 Å². The molecule has 1 atom stereocenters. The average Bonchev–Trinajstić information content (AvgIpc) is 3.25. The third kappa shape index (κ3) is 7.23. The van der Waals surface area contributed by atoms with Crippen molar-refractivity contribution in [2.45, 2.75) is 52.6 Å². The largest absolute Gasteiger partial charge is 0.479 e. The molecule has 0 saturated heterocycles. The first-order valence-corrected chi connectivity index (χ1v) is 13.5. The first-order chi connectivity index (χ1) is 19.7. The van der Waals surface area contributed by atoms with Gasteiger partial charge in [-0.1, -0.05) is 37.6 Å². The molecule has 2 aromatic heterocycles. The Morgan fingerprint density at radius 3 is 2.37 bits per heavy atom. The van der Waals surface area contributed by atoms with Crippen molar-refractivity contribution in [2.75, 3.05) is 18.2 Å². The average molecular weight is 564 g/mol. The summed E-state index contributed by atoms with van der Waals surface area (Å²) in [4.78, 5) is 35.6. The Kier molecular flexibility index (Phi) is 9.61. The van der Waals surface area contributed by atoms with Gasteiger partial charge in [0.2, 0.25) is 11.8 Å². The van der Waals surface area contributed by atoms with Crippen molar-refractivity contribution in [1.29, 1.82) is 0 Å². The van der Waals surface area contributed by atoms with Gasteiger partial charge in [0.15, 0.2) is 12.8 Å². The maximum absolute atomic E-state index is 13.5. The van der Waals surface area contributed by atoms with Gasteiger partial charge < -0.3 is 14.6 Å². The van der Waals surface area contributed by atoms with Crippen LogP contribution in [0.4, 0.5) is 10.1 Å². The number of aliphatic carboxylic acids is 1. The van der Waals surface area contributed by atoms with Crippen LogP contribution >= 0.6 is 0 Å². The van der Waals surface area contributed by atoms with E-state index in [1.54, 1.807) is 62.0 Å². The molecule has 1 unspecified atom stereocenters. The summed E-state index contributed by atoms with van der Waals surface area (Å²) in [7, 11) is 1.80. The summed E-state index contributed by atoms with van der Waals surface area (Å²) in [5.74, 6) is -0.869. The van der Waals surface area contributed by atoms with E-state index in [-0.39, 0.29) is 37.9 Å². The van der Waals surface area contributed by atoms with E-state index in [9.17, 15) is 19.1 Å². The van der Waals surface area contributed by atoms with E-state index in [1.807, 2.05) is 0 Å². The van der Waals surface area contributed by atoms with Crippen LogP contribution in [0.5, 0.6) is 5.88 Å². The van der Waals surface area contributed by atoms with Gasteiger partial charge in [-0.25, -0.2) is 14.2 Å². The van der Waals surface area contributed by atoms with E-state index in [1.165, 1.54) is 17.0 Å². The minimum Gasteiger partial charge on any atom is -0.479 e. The molecule has 0 fully saturated rings. The highest BCUT2D eigenvalue weighted by Gasteiger charge is 2.22. The molecule has 10 nitrogen and oxygen atoms in total. The van der Waals surface area contributed by atoms with E-state index in [0.717, 1.165) is 24.1 Å². The molecule has 41 heavy (non-hydrogen) atoms. The first-order valence-electron chi connectivity index (χ1n) is 13.5. The maximum Gasteiger partial charge on any atom is 0.333 e. The molecule has 1 N–H and O–H groups in total. The zero-order valence-corrected chi connectivity index (χ0v) is 23.6. The molecule has 2 heterocycles. The molecular formula is C30H34FN5O5. The van der Waals surface area contributed by atoms with Crippen molar-refractivity contribution in [3.05, 3.63) is 77.0 Å². The quantitative estimate of drug-likeness (QED) is 0.238. The number of anilines is 1. The number of carbonyl (C=O) groups excluding carboxylic acids is 1. The normalized spacial score (nSPS) is 11.9. The molecule has 2 aromatic carbocycles. The number of carboxylic acids is 1. The van der Waals surface area contributed by atoms with E-state index in [2.05, 4.69) is 22.0 Å². The fourth-order valence-electron chi connectivity index (χ4n) is 4.55. The summed E-state index contributed by atoms with van der Waals surface area (Å²) in [5, 5.41) is 14.0. The van der Waals surface area contributed by atoms with Gasteiger partial charge in [0.05, 0.1) is 12.1 Å². The minimum absolute atomic E-state index is 0.0153. The highest BCUT2D eigenvalue weighted by Crippen LogP contribution is 2.27.